The summed E-state index contributed by atoms with van der Waals surface area (Å²) in [5, 5.41) is 2.59. The van der Waals surface area contributed by atoms with Gasteiger partial charge in [-0.2, -0.15) is 0 Å². The lowest BCUT2D eigenvalue weighted by Gasteiger charge is -2.12. The molecule has 0 aromatic carbocycles. The van der Waals surface area contributed by atoms with E-state index in [2.05, 4.69) is 5.32 Å². The van der Waals surface area contributed by atoms with Gasteiger partial charge in [0.15, 0.2) is 6.61 Å². The van der Waals surface area contributed by atoms with E-state index in [0.717, 1.165) is 11.3 Å². The molecule has 1 aliphatic rings. The van der Waals surface area contributed by atoms with Crippen molar-refractivity contribution < 1.29 is 33.4 Å². The van der Waals surface area contributed by atoms with E-state index >= 15 is 0 Å². The van der Waals surface area contributed by atoms with E-state index < -0.39 is 40.2 Å². The molecule has 0 spiro atoms. The molecular formula is C18H21Cl2NO7S. The topological polar surface area (TPSA) is 108 Å². The maximum atomic E-state index is 12.3. The molecule has 1 atom stereocenters. The second kappa shape index (κ2) is 8.89. The third-order valence-electron chi connectivity index (χ3n) is 4.38. The van der Waals surface area contributed by atoms with Crippen molar-refractivity contribution >= 4 is 63.4 Å². The second-order valence-electron chi connectivity index (χ2n) is 6.54. The summed E-state index contributed by atoms with van der Waals surface area (Å²) in [6.45, 7) is 6.05. The van der Waals surface area contributed by atoms with E-state index in [1.807, 2.05) is 0 Å². The molecule has 8 nitrogen and oxygen atoms in total. The molecule has 2 rings (SSSR count). The van der Waals surface area contributed by atoms with Crippen molar-refractivity contribution in [3.8, 4) is 0 Å². The summed E-state index contributed by atoms with van der Waals surface area (Å²) in [7, 11) is 0. The van der Waals surface area contributed by atoms with Crippen molar-refractivity contribution in [3.05, 3.63) is 16.0 Å². The van der Waals surface area contributed by atoms with Gasteiger partial charge in [0.2, 0.25) is 0 Å². The Morgan fingerprint density at radius 2 is 1.62 bits per heavy atom. The number of carbonyl (C=O) groups is 4. The minimum absolute atomic E-state index is 0.0502. The highest BCUT2D eigenvalue weighted by atomic mass is 35.5. The maximum absolute atomic E-state index is 12.3. The number of nitrogens with one attached hydrogen (secondary N) is 1. The summed E-state index contributed by atoms with van der Waals surface area (Å²) < 4.78 is 13.8. The predicted molar refractivity (Wildman–Crippen MR) is 108 cm³/mol. The van der Waals surface area contributed by atoms with Crippen LogP contribution in [0.2, 0.25) is 0 Å². The largest absolute Gasteiger partial charge is 0.462 e. The number of halogens is 2. The first-order valence-corrected chi connectivity index (χ1v) is 10.4. The Hall–Kier alpha value is -1.84. The third-order valence-corrected chi connectivity index (χ3v) is 6.67. The number of carbonyl (C=O) groups excluding carboxylic acids is 4. The number of amides is 1. The SMILES string of the molecule is CCOC(=O)c1sc(NC(=O)COC(=O)C2(C)CC2(Cl)Cl)c(C(=O)OCC)c1C. The molecule has 29 heavy (non-hydrogen) atoms. The van der Waals surface area contributed by atoms with E-state index in [1.165, 1.54) is 0 Å². The zero-order valence-corrected chi connectivity index (χ0v) is 18.7. The molecule has 1 aromatic heterocycles. The normalized spacial score (nSPS) is 19.2. The summed E-state index contributed by atoms with van der Waals surface area (Å²) in [6, 6.07) is 0. The quantitative estimate of drug-likeness (QED) is 0.355. The van der Waals surface area contributed by atoms with Crippen LogP contribution in [0.1, 0.15) is 52.8 Å². The van der Waals surface area contributed by atoms with Crippen LogP contribution in [0.3, 0.4) is 0 Å². The van der Waals surface area contributed by atoms with Crippen molar-refractivity contribution in [2.45, 2.75) is 38.4 Å². The average Bonchev–Trinajstić information content (AvgIpc) is 2.99. The van der Waals surface area contributed by atoms with Crippen molar-refractivity contribution in [1.29, 1.82) is 0 Å². The number of ether oxygens (including phenoxy) is 3. The number of thiophene rings is 1. The van der Waals surface area contributed by atoms with Crippen LogP contribution in [0, 0.1) is 12.3 Å². The molecule has 1 heterocycles. The number of hydrogen-bond donors (Lipinski definition) is 1. The van der Waals surface area contributed by atoms with E-state index in [-0.39, 0.29) is 35.1 Å². The summed E-state index contributed by atoms with van der Waals surface area (Å²) >= 11 is 12.7. The first-order chi connectivity index (χ1) is 13.5. The fraction of sp³-hybridized carbons (Fsp3) is 0.556. The van der Waals surface area contributed by atoms with Crippen molar-refractivity contribution in [1.82, 2.24) is 0 Å². The van der Waals surface area contributed by atoms with Crippen molar-refractivity contribution in [2.75, 3.05) is 25.1 Å². The third kappa shape index (κ3) is 4.84. The van der Waals surface area contributed by atoms with Gasteiger partial charge in [0.1, 0.15) is 19.6 Å². The number of anilines is 1. The highest BCUT2D eigenvalue weighted by Gasteiger charge is 2.69. The molecule has 11 heteroatoms. The predicted octanol–water partition coefficient (Wildman–Crippen LogP) is 3.48. The van der Waals surface area contributed by atoms with Gasteiger partial charge < -0.3 is 19.5 Å². The van der Waals surface area contributed by atoms with Crippen LogP contribution in [0.15, 0.2) is 0 Å². The van der Waals surface area contributed by atoms with Crippen LogP contribution in [0.4, 0.5) is 5.00 Å². The summed E-state index contributed by atoms with van der Waals surface area (Å²) in [6.07, 6.45) is 0.226. The van der Waals surface area contributed by atoms with Gasteiger partial charge in [0.25, 0.3) is 5.91 Å². The monoisotopic (exact) mass is 465 g/mol. The van der Waals surface area contributed by atoms with Gasteiger partial charge in [-0.05, 0) is 33.3 Å². The molecule has 1 aliphatic carbocycles. The van der Waals surface area contributed by atoms with Gasteiger partial charge >= 0.3 is 17.9 Å². The van der Waals surface area contributed by atoms with E-state index in [9.17, 15) is 19.2 Å². The van der Waals surface area contributed by atoms with E-state index in [4.69, 9.17) is 37.4 Å². The van der Waals surface area contributed by atoms with Crippen molar-refractivity contribution in [3.63, 3.8) is 0 Å². The summed E-state index contributed by atoms with van der Waals surface area (Å²) in [5.41, 5.74) is -0.684. The number of hydrogen-bond acceptors (Lipinski definition) is 8. The molecule has 160 valence electrons. The van der Waals surface area contributed by atoms with Crippen molar-refractivity contribution in [2.24, 2.45) is 5.41 Å². The van der Waals surface area contributed by atoms with Gasteiger partial charge in [-0.25, -0.2) is 9.59 Å². The second-order valence-corrected chi connectivity index (χ2v) is 9.04. The summed E-state index contributed by atoms with van der Waals surface area (Å²) in [4.78, 5) is 48.9. The molecule has 1 unspecified atom stereocenters. The number of rotatable bonds is 8. The van der Waals surface area contributed by atoms with Gasteiger partial charge in [-0.1, -0.05) is 0 Å². The van der Waals surface area contributed by atoms with Crippen LogP contribution in [-0.4, -0.2) is 48.0 Å². The fourth-order valence-electron chi connectivity index (χ4n) is 2.52. The minimum Gasteiger partial charge on any atom is -0.462 e. The van der Waals surface area contributed by atoms with Gasteiger partial charge in [0, 0.05) is 6.42 Å². The first kappa shape index (κ1) is 23.4. The lowest BCUT2D eigenvalue weighted by atomic mass is 10.1. The number of alkyl halides is 2. The minimum atomic E-state index is -1.21. The highest BCUT2D eigenvalue weighted by Crippen LogP contribution is 2.64. The van der Waals surface area contributed by atoms with E-state index in [0.29, 0.717) is 5.56 Å². The Bertz CT molecular complexity index is 852. The molecule has 1 aromatic rings. The molecule has 1 fully saturated rings. The maximum Gasteiger partial charge on any atom is 0.348 e. The van der Waals surface area contributed by atoms with Crippen LogP contribution in [-0.2, 0) is 23.8 Å². The number of esters is 3. The molecule has 0 radical (unpaired) electrons. The van der Waals surface area contributed by atoms with Crippen LogP contribution in [0.25, 0.3) is 0 Å². The average molecular weight is 466 g/mol. The molecular weight excluding hydrogens is 445 g/mol. The van der Waals surface area contributed by atoms with Crippen LogP contribution in [0.5, 0.6) is 0 Å². The summed E-state index contributed by atoms with van der Waals surface area (Å²) in [5.74, 6) is -2.70. The van der Waals surface area contributed by atoms with Gasteiger partial charge in [0.05, 0.1) is 18.8 Å². The molecule has 0 saturated heterocycles. The molecule has 1 N–H and O–H groups in total. The lowest BCUT2D eigenvalue weighted by molar-refractivity contribution is -0.152. The first-order valence-electron chi connectivity index (χ1n) is 8.81. The van der Waals surface area contributed by atoms with Crippen LogP contribution < -0.4 is 5.32 Å². The Morgan fingerprint density at radius 1 is 1.07 bits per heavy atom. The molecule has 0 bridgehead atoms. The fourth-order valence-corrected chi connectivity index (χ4v) is 4.31. The molecule has 1 saturated carbocycles. The Morgan fingerprint density at radius 3 is 2.14 bits per heavy atom. The van der Waals surface area contributed by atoms with Gasteiger partial charge in [-0.15, -0.1) is 34.5 Å². The molecule has 1 amide bonds. The Balaban J connectivity index is 2.14. The lowest BCUT2D eigenvalue weighted by Crippen LogP contribution is -2.27. The zero-order chi connectivity index (χ0) is 22.0. The zero-order valence-electron chi connectivity index (χ0n) is 16.4. The van der Waals surface area contributed by atoms with Crippen LogP contribution >= 0.6 is 34.5 Å². The highest BCUT2D eigenvalue weighted by molar-refractivity contribution is 7.18. The smallest absolute Gasteiger partial charge is 0.348 e. The Labute approximate surface area is 181 Å². The van der Waals surface area contributed by atoms with Gasteiger partial charge in [-0.3, -0.25) is 9.59 Å². The Kier molecular flexibility index (Phi) is 7.19. The molecule has 0 aliphatic heterocycles. The van der Waals surface area contributed by atoms with E-state index in [1.54, 1.807) is 27.7 Å². The standard InChI is InChI=1S/C18H21Cl2NO7S/c1-5-26-14(23)11-9(3)12(15(24)27-6-2)29-13(11)21-10(22)7-28-16(25)17(4)8-18(17,19)20/h5-8H2,1-4H3,(H,21,22).